The van der Waals surface area contributed by atoms with E-state index in [1.165, 1.54) is 17.1 Å². The summed E-state index contributed by atoms with van der Waals surface area (Å²) in [6.45, 7) is 8.23. The molecule has 0 fully saturated rings. The summed E-state index contributed by atoms with van der Waals surface area (Å²) in [6.07, 6.45) is 2.64. The number of nitrogens with zero attached hydrogens (tertiary/aromatic N) is 4. The Morgan fingerprint density at radius 3 is 2.82 bits per heavy atom. The van der Waals surface area contributed by atoms with E-state index < -0.39 is 4.92 Å². The quantitative estimate of drug-likeness (QED) is 0.318. The Morgan fingerprint density at radius 1 is 1.55 bits per heavy atom. The second-order valence-corrected chi connectivity index (χ2v) is 5.30. The van der Waals surface area contributed by atoms with Crippen molar-refractivity contribution in [3.8, 4) is 0 Å². The lowest BCUT2D eigenvalue weighted by atomic mass is 10.1. The third-order valence-corrected chi connectivity index (χ3v) is 2.98. The van der Waals surface area contributed by atoms with E-state index in [-0.39, 0.29) is 11.3 Å². The van der Waals surface area contributed by atoms with E-state index >= 15 is 0 Å². The van der Waals surface area contributed by atoms with Crippen molar-refractivity contribution in [2.24, 2.45) is 4.99 Å². The minimum atomic E-state index is -0.463. The molecule has 9 nitrogen and oxygen atoms in total. The minimum absolute atomic E-state index is 0.0117. The second kappa shape index (κ2) is 8.32. The molecule has 1 aromatic heterocycles. The highest BCUT2D eigenvalue weighted by atomic mass is 16.6. The number of aliphatic imine (C=N–C) groups is 1. The van der Waals surface area contributed by atoms with Crippen LogP contribution in [0.5, 0.6) is 0 Å². The third-order valence-electron chi connectivity index (χ3n) is 2.98. The molecule has 1 rings (SSSR count). The molecule has 0 amide bonds. The van der Waals surface area contributed by atoms with Crippen LogP contribution >= 0.6 is 0 Å². The van der Waals surface area contributed by atoms with Crippen molar-refractivity contribution >= 4 is 11.6 Å². The van der Waals surface area contributed by atoms with Crippen molar-refractivity contribution in [2.45, 2.75) is 32.9 Å². The van der Waals surface area contributed by atoms with Crippen LogP contribution in [0.15, 0.2) is 17.4 Å². The maximum atomic E-state index is 10.6. The van der Waals surface area contributed by atoms with E-state index in [9.17, 15) is 10.1 Å². The highest BCUT2D eigenvalue weighted by Crippen LogP contribution is 2.07. The van der Waals surface area contributed by atoms with Crippen LogP contribution in [0, 0.1) is 10.1 Å². The molecule has 22 heavy (non-hydrogen) atoms. The lowest BCUT2D eigenvalue weighted by Gasteiger charge is -2.21. The molecule has 0 spiro atoms. The van der Waals surface area contributed by atoms with Crippen LogP contribution < -0.4 is 10.6 Å². The molecule has 0 atom stereocenters. The highest BCUT2D eigenvalue weighted by molar-refractivity contribution is 5.79. The van der Waals surface area contributed by atoms with Gasteiger partial charge in [-0.2, -0.15) is 5.10 Å². The second-order valence-electron chi connectivity index (χ2n) is 5.30. The van der Waals surface area contributed by atoms with Crippen molar-refractivity contribution in [1.82, 2.24) is 20.4 Å². The zero-order chi connectivity index (χ0) is 16.6. The van der Waals surface area contributed by atoms with Gasteiger partial charge in [0.05, 0.1) is 23.6 Å². The predicted octanol–water partition coefficient (Wildman–Crippen LogP) is 0.771. The Balaban J connectivity index is 2.49. The number of methoxy groups -OCH3 is 1. The average Bonchev–Trinajstić information content (AvgIpc) is 2.94. The minimum Gasteiger partial charge on any atom is -0.377 e. The van der Waals surface area contributed by atoms with Gasteiger partial charge in [-0.15, -0.1) is 0 Å². The van der Waals surface area contributed by atoms with E-state index in [0.29, 0.717) is 25.6 Å². The first-order chi connectivity index (χ1) is 10.4. The summed E-state index contributed by atoms with van der Waals surface area (Å²) in [5, 5.41) is 20.8. The summed E-state index contributed by atoms with van der Waals surface area (Å²) in [6, 6.07) is 0. The number of rotatable bonds is 8. The Hall–Kier alpha value is -2.16. The van der Waals surface area contributed by atoms with E-state index in [4.69, 9.17) is 4.74 Å². The predicted molar refractivity (Wildman–Crippen MR) is 84.0 cm³/mol. The molecule has 0 saturated carbocycles. The largest absolute Gasteiger partial charge is 0.377 e. The van der Waals surface area contributed by atoms with Crippen LogP contribution in [-0.2, 0) is 11.3 Å². The van der Waals surface area contributed by atoms with Crippen molar-refractivity contribution in [3.63, 3.8) is 0 Å². The van der Waals surface area contributed by atoms with Gasteiger partial charge in [-0.25, -0.2) is 0 Å². The summed E-state index contributed by atoms with van der Waals surface area (Å²) < 4.78 is 6.85. The lowest BCUT2D eigenvalue weighted by Crippen LogP contribution is -2.40. The number of nitrogens with one attached hydrogen (secondary N) is 2. The first-order valence-electron chi connectivity index (χ1n) is 7.12. The molecule has 0 aliphatic rings. The first kappa shape index (κ1) is 17.9. The monoisotopic (exact) mass is 312 g/mol. The lowest BCUT2D eigenvalue weighted by molar-refractivity contribution is -0.385. The van der Waals surface area contributed by atoms with Gasteiger partial charge in [0.15, 0.2) is 5.96 Å². The molecule has 124 valence electrons. The Bertz CT molecular complexity index is 512. The van der Waals surface area contributed by atoms with Crippen molar-refractivity contribution < 1.29 is 9.66 Å². The molecular weight excluding hydrogens is 288 g/mol. The molecule has 0 aliphatic heterocycles. The van der Waals surface area contributed by atoms with Crippen molar-refractivity contribution in [1.29, 1.82) is 0 Å². The Morgan fingerprint density at radius 2 is 2.27 bits per heavy atom. The van der Waals surface area contributed by atoms with Crippen LogP contribution in [0.3, 0.4) is 0 Å². The number of hydrogen-bond donors (Lipinski definition) is 2. The van der Waals surface area contributed by atoms with E-state index in [1.807, 2.05) is 20.8 Å². The molecule has 0 saturated heterocycles. The number of ether oxygens (including phenoxy) is 1. The van der Waals surface area contributed by atoms with Crippen molar-refractivity contribution in [2.75, 3.05) is 26.7 Å². The molecule has 1 aromatic rings. The van der Waals surface area contributed by atoms with Crippen molar-refractivity contribution in [3.05, 3.63) is 22.5 Å². The van der Waals surface area contributed by atoms with Gasteiger partial charge in [0.1, 0.15) is 12.4 Å². The molecule has 0 unspecified atom stereocenters. The molecule has 9 heteroatoms. The smallest absolute Gasteiger partial charge is 0.306 e. The van der Waals surface area contributed by atoms with Crippen LogP contribution in [0.2, 0.25) is 0 Å². The van der Waals surface area contributed by atoms with Gasteiger partial charge in [0.25, 0.3) is 0 Å². The van der Waals surface area contributed by atoms with E-state index in [1.54, 1.807) is 7.11 Å². The van der Waals surface area contributed by atoms with Gasteiger partial charge in [-0.05, 0) is 20.8 Å². The number of hydrogen-bond acceptors (Lipinski definition) is 5. The SMILES string of the molecule is CCNC(=NCC(C)(C)OC)NCCn1cc([N+](=O)[O-])cn1. The Kier molecular flexibility index (Phi) is 6.77. The number of aromatic nitrogens is 2. The summed E-state index contributed by atoms with van der Waals surface area (Å²) in [5.41, 5.74) is -0.340. The molecular formula is C13H24N6O3. The van der Waals surface area contributed by atoms with Crippen LogP contribution in [0.1, 0.15) is 20.8 Å². The average molecular weight is 312 g/mol. The molecule has 0 radical (unpaired) electrons. The van der Waals surface area contributed by atoms with Gasteiger partial charge in [-0.3, -0.25) is 19.8 Å². The van der Waals surface area contributed by atoms with E-state index in [2.05, 4.69) is 20.7 Å². The van der Waals surface area contributed by atoms with Crippen LogP contribution in [0.4, 0.5) is 5.69 Å². The van der Waals surface area contributed by atoms with Crippen LogP contribution in [0.25, 0.3) is 0 Å². The molecule has 0 aliphatic carbocycles. The normalized spacial score (nSPS) is 12.3. The Labute approximate surface area is 129 Å². The molecule has 1 heterocycles. The van der Waals surface area contributed by atoms with Gasteiger partial charge in [0.2, 0.25) is 0 Å². The fraction of sp³-hybridized carbons (Fsp3) is 0.692. The number of nitro groups is 1. The number of guanidine groups is 1. The first-order valence-corrected chi connectivity index (χ1v) is 7.12. The zero-order valence-corrected chi connectivity index (χ0v) is 13.5. The fourth-order valence-electron chi connectivity index (χ4n) is 1.53. The summed E-state index contributed by atoms with van der Waals surface area (Å²) in [5.74, 6) is 0.675. The standard InChI is InChI=1S/C13H24N6O3/c1-5-14-12(16-10-13(2,3)22-4)15-6-7-18-9-11(8-17-18)19(20)21/h8-9H,5-7,10H2,1-4H3,(H2,14,15,16). The van der Waals surface area contributed by atoms with Gasteiger partial charge < -0.3 is 15.4 Å². The highest BCUT2D eigenvalue weighted by Gasteiger charge is 2.15. The fourth-order valence-corrected chi connectivity index (χ4v) is 1.53. The maximum Gasteiger partial charge on any atom is 0.306 e. The topological polar surface area (TPSA) is 107 Å². The van der Waals surface area contributed by atoms with Crippen LogP contribution in [-0.4, -0.2) is 53.0 Å². The van der Waals surface area contributed by atoms with Gasteiger partial charge in [0, 0.05) is 20.2 Å². The van der Waals surface area contributed by atoms with Gasteiger partial charge >= 0.3 is 5.69 Å². The zero-order valence-electron chi connectivity index (χ0n) is 13.5. The molecule has 0 bridgehead atoms. The van der Waals surface area contributed by atoms with Gasteiger partial charge in [-0.1, -0.05) is 0 Å². The molecule has 2 N–H and O–H groups in total. The molecule has 0 aromatic carbocycles. The summed E-state index contributed by atoms with van der Waals surface area (Å²) in [4.78, 5) is 14.6. The summed E-state index contributed by atoms with van der Waals surface area (Å²) in [7, 11) is 1.65. The third kappa shape index (κ3) is 6.08. The maximum absolute atomic E-state index is 10.6. The van der Waals surface area contributed by atoms with E-state index in [0.717, 1.165) is 6.54 Å². The summed E-state index contributed by atoms with van der Waals surface area (Å²) >= 11 is 0.